The second-order valence-corrected chi connectivity index (χ2v) is 5.70. The Morgan fingerprint density at radius 2 is 2.10 bits per heavy atom. The van der Waals surface area contributed by atoms with Crippen LogP contribution >= 0.6 is 0 Å². The van der Waals surface area contributed by atoms with Gasteiger partial charge in [-0.2, -0.15) is 13.2 Å². The highest BCUT2D eigenvalue weighted by Gasteiger charge is 2.33. The smallest absolute Gasteiger partial charge is 0.376 e. The second kappa shape index (κ2) is 7.26. The van der Waals surface area contributed by atoms with Gasteiger partial charge in [-0.3, -0.25) is 9.69 Å². The number of carbonyl (C=O) groups is 1. The summed E-state index contributed by atoms with van der Waals surface area (Å²) in [5.74, 6) is -0.463. The standard InChI is InChI=1S/C13H23F3N2O2/c1-10(2)6-18(9-13(14,15)16)12(19)8-17-4-5-20-11(3)7-17/h10-11H,4-9H2,1-3H3. The summed E-state index contributed by atoms with van der Waals surface area (Å²) in [7, 11) is 0. The number of carbonyl (C=O) groups excluding carboxylic acids is 1. The number of nitrogens with zero attached hydrogens (tertiary/aromatic N) is 2. The fourth-order valence-corrected chi connectivity index (χ4v) is 2.24. The molecule has 7 heteroatoms. The lowest BCUT2D eigenvalue weighted by Gasteiger charge is -2.33. The SMILES string of the molecule is CC(C)CN(CC(F)(F)F)C(=O)CN1CCOC(C)C1. The van der Waals surface area contributed by atoms with Crippen LogP contribution in [0.4, 0.5) is 13.2 Å². The predicted molar refractivity (Wildman–Crippen MR) is 69.3 cm³/mol. The van der Waals surface area contributed by atoms with Gasteiger partial charge in [-0.15, -0.1) is 0 Å². The highest BCUT2D eigenvalue weighted by molar-refractivity contribution is 5.78. The molecule has 1 rings (SSSR count). The van der Waals surface area contributed by atoms with E-state index < -0.39 is 18.6 Å². The van der Waals surface area contributed by atoms with Crippen LogP contribution in [0.3, 0.4) is 0 Å². The van der Waals surface area contributed by atoms with E-state index in [0.29, 0.717) is 19.7 Å². The summed E-state index contributed by atoms with van der Waals surface area (Å²) in [5, 5.41) is 0. The molecular formula is C13H23F3N2O2. The van der Waals surface area contributed by atoms with E-state index in [-0.39, 0.29) is 25.1 Å². The number of morpholine rings is 1. The molecule has 1 aliphatic rings. The van der Waals surface area contributed by atoms with E-state index in [1.807, 2.05) is 11.8 Å². The number of rotatable bonds is 5. The van der Waals surface area contributed by atoms with E-state index in [1.165, 1.54) is 0 Å². The number of halogens is 3. The summed E-state index contributed by atoms with van der Waals surface area (Å²) in [6.07, 6.45) is -4.35. The molecule has 20 heavy (non-hydrogen) atoms. The van der Waals surface area contributed by atoms with Gasteiger partial charge < -0.3 is 9.64 Å². The molecule has 1 atom stereocenters. The molecule has 0 bridgehead atoms. The lowest BCUT2D eigenvalue weighted by Crippen LogP contribution is -2.49. The first-order valence-electron chi connectivity index (χ1n) is 6.86. The maximum atomic E-state index is 12.5. The average Bonchev–Trinajstić information content (AvgIpc) is 2.25. The van der Waals surface area contributed by atoms with Crippen molar-refractivity contribution >= 4 is 5.91 Å². The lowest BCUT2D eigenvalue weighted by molar-refractivity contribution is -0.163. The molecule has 4 nitrogen and oxygen atoms in total. The van der Waals surface area contributed by atoms with Crippen LogP contribution in [-0.2, 0) is 9.53 Å². The van der Waals surface area contributed by atoms with Gasteiger partial charge in [-0.1, -0.05) is 13.8 Å². The van der Waals surface area contributed by atoms with Gasteiger partial charge in [0.25, 0.3) is 0 Å². The van der Waals surface area contributed by atoms with E-state index in [1.54, 1.807) is 13.8 Å². The summed E-state index contributed by atoms with van der Waals surface area (Å²) in [5.41, 5.74) is 0. The number of amides is 1. The van der Waals surface area contributed by atoms with Crippen LogP contribution in [0, 0.1) is 5.92 Å². The summed E-state index contributed by atoms with van der Waals surface area (Å²) < 4.78 is 42.9. The van der Waals surface area contributed by atoms with Gasteiger partial charge in [0.1, 0.15) is 6.54 Å². The molecule has 0 spiro atoms. The largest absolute Gasteiger partial charge is 0.406 e. The maximum Gasteiger partial charge on any atom is 0.406 e. The Labute approximate surface area is 117 Å². The minimum absolute atomic E-state index is 0.00455. The van der Waals surface area contributed by atoms with Crippen LogP contribution in [0.15, 0.2) is 0 Å². The zero-order chi connectivity index (χ0) is 15.3. The molecular weight excluding hydrogens is 273 g/mol. The summed E-state index contributed by atoms with van der Waals surface area (Å²) in [4.78, 5) is 14.8. The number of hydrogen-bond donors (Lipinski definition) is 0. The van der Waals surface area contributed by atoms with Gasteiger partial charge in [-0.25, -0.2) is 0 Å². The van der Waals surface area contributed by atoms with Gasteiger partial charge in [0, 0.05) is 19.6 Å². The molecule has 0 aliphatic carbocycles. The molecule has 1 heterocycles. The Morgan fingerprint density at radius 1 is 1.45 bits per heavy atom. The molecule has 1 amide bonds. The molecule has 1 fully saturated rings. The van der Waals surface area contributed by atoms with Crippen molar-refractivity contribution in [1.29, 1.82) is 0 Å². The molecule has 0 radical (unpaired) electrons. The van der Waals surface area contributed by atoms with Crippen LogP contribution in [0.1, 0.15) is 20.8 Å². The Hall–Kier alpha value is -0.820. The molecule has 0 aromatic carbocycles. The number of hydrogen-bond acceptors (Lipinski definition) is 3. The van der Waals surface area contributed by atoms with Crippen molar-refractivity contribution in [3.05, 3.63) is 0 Å². The van der Waals surface area contributed by atoms with Crippen LogP contribution in [0.5, 0.6) is 0 Å². The Balaban J connectivity index is 2.57. The fourth-order valence-electron chi connectivity index (χ4n) is 2.24. The van der Waals surface area contributed by atoms with E-state index in [0.717, 1.165) is 4.90 Å². The molecule has 0 N–H and O–H groups in total. The highest BCUT2D eigenvalue weighted by atomic mass is 19.4. The van der Waals surface area contributed by atoms with Crippen molar-refractivity contribution in [2.24, 2.45) is 5.92 Å². The second-order valence-electron chi connectivity index (χ2n) is 5.70. The van der Waals surface area contributed by atoms with Crippen LogP contribution in [0.2, 0.25) is 0 Å². The van der Waals surface area contributed by atoms with Gasteiger partial charge in [-0.05, 0) is 12.8 Å². The monoisotopic (exact) mass is 296 g/mol. The molecule has 0 saturated carbocycles. The third-order valence-electron chi connectivity index (χ3n) is 2.99. The first kappa shape index (κ1) is 17.2. The molecule has 0 aromatic rings. The molecule has 0 aromatic heterocycles. The van der Waals surface area contributed by atoms with Crippen LogP contribution in [-0.4, -0.2) is 67.3 Å². The first-order valence-corrected chi connectivity index (χ1v) is 6.86. The summed E-state index contributed by atoms with van der Waals surface area (Å²) >= 11 is 0. The maximum absolute atomic E-state index is 12.5. The van der Waals surface area contributed by atoms with Crippen molar-refractivity contribution in [2.45, 2.75) is 33.1 Å². The van der Waals surface area contributed by atoms with Crippen LogP contribution in [0.25, 0.3) is 0 Å². The minimum Gasteiger partial charge on any atom is -0.376 e. The van der Waals surface area contributed by atoms with Crippen molar-refractivity contribution in [1.82, 2.24) is 9.80 Å². The van der Waals surface area contributed by atoms with Gasteiger partial charge >= 0.3 is 6.18 Å². The molecule has 1 saturated heterocycles. The zero-order valence-electron chi connectivity index (χ0n) is 12.2. The van der Waals surface area contributed by atoms with E-state index in [9.17, 15) is 18.0 Å². The normalized spacial score (nSPS) is 21.2. The van der Waals surface area contributed by atoms with Crippen molar-refractivity contribution in [3.63, 3.8) is 0 Å². The van der Waals surface area contributed by atoms with Gasteiger partial charge in [0.05, 0.1) is 19.3 Å². The molecule has 1 unspecified atom stereocenters. The third-order valence-corrected chi connectivity index (χ3v) is 2.99. The number of ether oxygens (including phenoxy) is 1. The van der Waals surface area contributed by atoms with Crippen molar-refractivity contribution in [3.8, 4) is 0 Å². The lowest BCUT2D eigenvalue weighted by atomic mass is 10.2. The zero-order valence-corrected chi connectivity index (χ0v) is 12.2. The van der Waals surface area contributed by atoms with Crippen molar-refractivity contribution < 1.29 is 22.7 Å². The molecule has 118 valence electrons. The highest BCUT2D eigenvalue weighted by Crippen LogP contribution is 2.18. The van der Waals surface area contributed by atoms with E-state index in [2.05, 4.69) is 0 Å². The topological polar surface area (TPSA) is 32.8 Å². The Morgan fingerprint density at radius 3 is 2.60 bits per heavy atom. The summed E-state index contributed by atoms with van der Waals surface area (Å²) in [6.45, 7) is 6.13. The summed E-state index contributed by atoms with van der Waals surface area (Å²) in [6, 6.07) is 0. The minimum atomic E-state index is -4.36. The third kappa shape index (κ3) is 6.56. The number of alkyl halides is 3. The molecule has 1 aliphatic heterocycles. The van der Waals surface area contributed by atoms with Crippen molar-refractivity contribution in [2.75, 3.05) is 39.3 Å². The average molecular weight is 296 g/mol. The van der Waals surface area contributed by atoms with Crippen LogP contribution < -0.4 is 0 Å². The van der Waals surface area contributed by atoms with Gasteiger partial charge in [0.2, 0.25) is 5.91 Å². The van der Waals surface area contributed by atoms with Gasteiger partial charge in [0.15, 0.2) is 0 Å². The predicted octanol–water partition coefficient (Wildman–Crippen LogP) is 1.75. The quantitative estimate of drug-likeness (QED) is 0.775. The Bertz CT molecular complexity index is 321. The Kier molecular flexibility index (Phi) is 6.26. The van der Waals surface area contributed by atoms with E-state index >= 15 is 0 Å². The first-order chi connectivity index (χ1) is 9.17. The fraction of sp³-hybridized carbons (Fsp3) is 0.923. The van der Waals surface area contributed by atoms with E-state index in [4.69, 9.17) is 4.74 Å².